The highest BCUT2D eigenvalue weighted by Gasteiger charge is 2.06. The minimum absolute atomic E-state index is 0.0261. The molecule has 0 saturated carbocycles. The molecule has 0 radical (unpaired) electrons. The number of halogens is 1. The van der Waals surface area contributed by atoms with Crippen molar-refractivity contribution in [1.82, 2.24) is 5.32 Å². The molecule has 18 heavy (non-hydrogen) atoms. The van der Waals surface area contributed by atoms with E-state index in [1.807, 2.05) is 25.1 Å². The Balaban J connectivity index is 2.45. The monoisotopic (exact) mass is 315 g/mol. The van der Waals surface area contributed by atoms with E-state index < -0.39 is 0 Å². The van der Waals surface area contributed by atoms with E-state index in [0.29, 0.717) is 13.2 Å². The number of ether oxygens (including phenoxy) is 2. The molecule has 1 N–H and O–H groups in total. The molecule has 0 unspecified atom stereocenters. The van der Waals surface area contributed by atoms with Gasteiger partial charge in [-0.25, -0.2) is 0 Å². The summed E-state index contributed by atoms with van der Waals surface area (Å²) < 4.78 is 11.4. The fraction of sp³-hybridized carbons (Fsp3) is 0.462. The molecule has 0 heterocycles. The summed E-state index contributed by atoms with van der Waals surface area (Å²) in [5, 5.41) is 2.70. The number of nitrogens with one attached hydrogen (secondary N) is 1. The standard InChI is InChI=1S/C13H18BrNO3/c1-3-10-8-11(14)4-5-12(10)18-9-13(16)15-6-7-17-2/h4-5,8H,3,6-7,9H2,1-2H3,(H,15,16). The molecule has 0 spiro atoms. The van der Waals surface area contributed by atoms with E-state index in [1.165, 1.54) is 0 Å². The molecule has 5 heteroatoms. The van der Waals surface area contributed by atoms with Crippen molar-refractivity contribution >= 4 is 21.8 Å². The Kier molecular flexibility index (Phi) is 6.75. The quantitative estimate of drug-likeness (QED) is 0.784. The zero-order valence-corrected chi connectivity index (χ0v) is 12.2. The van der Waals surface area contributed by atoms with Crippen LogP contribution in [-0.4, -0.2) is 32.8 Å². The number of carbonyl (C=O) groups is 1. The molecular weight excluding hydrogens is 298 g/mol. The average molecular weight is 316 g/mol. The van der Waals surface area contributed by atoms with Gasteiger partial charge in [-0.3, -0.25) is 4.79 Å². The Labute approximate surface area is 116 Å². The van der Waals surface area contributed by atoms with Gasteiger partial charge in [0.05, 0.1) is 6.61 Å². The molecule has 1 aromatic rings. The Bertz CT molecular complexity index is 396. The summed E-state index contributed by atoms with van der Waals surface area (Å²) in [7, 11) is 1.60. The molecule has 100 valence electrons. The van der Waals surface area contributed by atoms with E-state index in [2.05, 4.69) is 21.2 Å². The van der Waals surface area contributed by atoms with Crippen LogP contribution in [0.1, 0.15) is 12.5 Å². The number of benzene rings is 1. The molecule has 1 amide bonds. The molecule has 0 saturated heterocycles. The molecule has 0 bridgehead atoms. The number of carbonyl (C=O) groups excluding carboxylic acids is 1. The van der Waals surface area contributed by atoms with Crippen LogP contribution in [0.15, 0.2) is 22.7 Å². The molecule has 0 aliphatic carbocycles. The minimum Gasteiger partial charge on any atom is -0.483 e. The Morgan fingerprint density at radius 3 is 2.89 bits per heavy atom. The van der Waals surface area contributed by atoms with E-state index in [-0.39, 0.29) is 12.5 Å². The van der Waals surface area contributed by atoms with Crippen molar-refractivity contribution in [3.8, 4) is 5.75 Å². The zero-order chi connectivity index (χ0) is 13.4. The molecule has 1 rings (SSSR count). The lowest BCUT2D eigenvalue weighted by molar-refractivity contribution is -0.123. The highest BCUT2D eigenvalue weighted by Crippen LogP contribution is 2.23. The third-order valence-electron chi connectivity index (χ3n) is 2.39. The molecule has 0 aliphatic rings. The maximum absolute atomic E-state index is 11.5. The van der Waals surface area contributed by atoms with Crippen LogP contribution in [-0.2, 0) is 16.0 Å². The summed E-state index contributed by atoms with van der Waals surface area (Å²) in [5.41, 5.74) is 1.08. The number of amides is 1. The summed E-state index contributed by atoms with van der Waals surface area (Å²) >= 11 is 3.41. The van der Waals surface area contributed by atoms with Gasteiger partial charge in [0.1, 0.15) is 5.75 Å². The maximum atomic E-state index is 11.5. The van der Waals surface area contributed by atoms with Crippen LogP contribution in [0.4, 0.5) is 0 Å². The van der Waals surface area contributed by atoms with Crippen molar-refractivity contribution in [1.29, 1.82) is 0 Å². The van der Waals surface area contributed by atoms with Crippen LogP contribution in [0.2, 0.25) is 0 Å². The molecular formula is C13H18BrNO3. The maximum Gasteiger partial charge on any atom is 0.258 e. The van der Waals surface area contributed by atoms with Gasteiger partial charge in [-0.05, 0) is 30.2 Å². The summed E-state index contributed by atoms with van der Waals surface area (Å²) in [6.45, 7) is 3.08. The van der Waals surface area contributed by atoms with E-state index in [9.17, 15) is 4.79 Å². The second-order valence-corrected chi connectivity index (χ2v) is 4.65. The topological polar surface area (TPSA) is 47.6 Å². The smallest absolute Gasteiger partial charge is 0.258 e. The van der Waals surface area contributed by atoms with Gasteiger partial charge in [-0.2, -0.15) is 0 Å². The predicted octanol–water partition coefficient (Wildman–Crippen LogP) is 2.15. The van der Waals surface area contributed by atoms with Gasteiger partial charge in [0, 0.05) is 18.1 Å². The van der Waals surface area contributed by atoms with Gasteiger partial charge < -0.3 is 14.8 Å². The third kappa shape index (κ3) is 5.06. The fourth-order valence-electron chi connectivity index (χ4n) is 1.45. The van der Waals surface area contributed by atoms with E-state index in [0.717, 1.165) is 22.2 Å². The van der Waals surface area contributed by atoms with Crippen molar-refractivity contribution in [2.45, 2.75) is 13.3 Å². The summed E-state index contributed by atoms with van der Waals surface area (Å²) in [4.78, 5) is 11.5. The minimum atomic E-state index is -0.142. The Morgan fingerprint density at radius 1 is 1.44 bits per heavy atom. The van der Waals surface area contributed by atoms with Crippen LogP contribution in [0.5, 0.6) is 5.75 Å². The van der Waals surface area contributed by atoms with Gasteiger partial charge >= 0.3 is 0 Å². The molecule has 0 aromatic heterocycles. The number of hydrogen-bond donors (Lipinski definition) is 1. The van der Waals surface area contributed by atoms with E-state index in [1.54, 1.807) is 7.11 Å². The molecule has 0 atom stereocenters. The van der Waals surface area contributed by atoms with Crippen molar-refractivity contribution in [2.24, 2.45) is 0 Å². The van der Waals surface area contributed by atoms with Gasteiger partial charge in [-0.15, -0.1) is 0 Å². The van der Waals surface area contributed by atoms with Crippen LogP contribution >= 0.6 is 15.9 Å². The van der Waals surface area contributed by atoms with Gasteiger partial charge in [0.25, 0.3) is 5.91 Å². The molecule has 4 nitrogen and oxygen atoms in total. The Morgan fingerprint density at radius 2 is 2.22 bits per heavy atom. The highest BCUT2D eigenvalue weighted by atomic mass is 79.9. The first-order valence-corrected chi connectivity index (χ1v) is 6.63. The first kappa shape index (κ1) is 15.0. The van der Waals surface area contributed by atoms with Crippen LogP contribution < -0.4 is 10.1 Å². The first-order chi connectivity index (χ1) is 8.67. The lowest BCUT2D eigenvalue weighted by atomic mass is 10.1. The molecule has 0 aliphatic heterocycles. The number of hydrogen-bond acceptors (Lipinski definition) is 3. The Hall–Kier alpha value is -1.07. The van der Waals surface area contributed by atoms with Crippen molar-refractivity contribution < 1.29 is 14.3 Å². The van der Waals surface area contributed by atoms with Crippen LogP contribution in [0, 0.1) is 0 Å². The number of aryl methyl sites for hydroxylation is 1. The summed E-state index contributed by atoms with van der Waals surface area (Å²) in [6.07, 6.45) is 0.861. The highest BCUT2D eigenvalue weighted by molar-refractivity contribution is 9.10. The summed E-state index contributed by atoms with van der Waals surface area (Å²) in [6, 6.07) is 5.76. The number of methoxy groups -OCH3 is 1. The van der Waals surface area contributed by atoms with E-state index in [4.69, 9.17) is 9.47 Å². The third-order valence-corrected chi connectivity index (χ3v) is 2.88. The van der Waals surface area contributed by atoms with Gasteiger partial charge in [-0.1, -0.05) is 22.9 Å². The largest absolute Gasteiger partial charge is 0.483 e. The van der Waals surface area contributed by atoms with Gasteiger partial charge in [0.2, 0.25) is 0 Å². The number of rotatable bonds is 7. The summed E-state index contributed by atoms with van der Waals surface area (Å²) in [5.74, 6) is 0.611. The fourth-order valence-corrected chi connectivity index (χ4v) is 1.86. The molecule has 0 fully saturated rings. The van der Waals surface area contributed by atoms with Gasteiger partial charge in [0.15, 0.2) is 6.61 Å². The lowest BCUT2D eigenvalue weighted by Gasteiger charge is -2.11. The second kappa shape index (κ2) is 8.11. The van der Waals surface area contributed by atoms with Crippen molar-refractivity contribution in [3.63, 3.8) is 0 Å². The van der Waals surface area contributed by atoms with Crippen LogP contribution in [0.25, 0.3) is 0 Å². The zero-order valence-electron chi connectivity index (χ0n) is 10.7. The van der Waals surface area contributed by atoms with E-state index >= 15 is 0 Å². The van der Waals surface area contributed by atoms with Crippen molar-refractivity contribution in [3.05, 3.63) is 28.2 Å². The first-order valence-electron chi connectivity index (χ1n) is 5.84. The molecule has 1 aromatic carbocycles. The lowest BCUT2D eigenvalue weighted by Crippen LogP contribution is -2.31. The van der Waals surface area contributed by atoms with Crippen molar-refractivity contribution in [2.75, 3.05) is 26.9 Å². The predicted molar refractivity (Wildman–Crippen MR) is 73.9 cm³/mol. The SMILES string of the molecule is CCc1cc(Br)ccc1OCC(=O)NCCOC. The van der Waals surface area contributed by atoms with Crippen LogP contribution in [0.3, 0.4) is 0 Å². The average Bonchev–Trinajstić information content (AvgIpc) is 2.37. The second-order valence-electron chi connectivity index (χ2n) is 3.74. The normalized spacial score (nSPS) is 10.2.